The lowest BCUT2D eigenvalue weighted by atomic mass is 10.0. The van der Waals surface area contributed by atoms with Crippen molar-refractivity contribution in [2.24, 2.45) is 0 Å². The molecule has 2 rings (SSSR count). The first-order valence-electron chi connectivity index (χ1n) is 6.15. The lowest BCUT2D eigenvalue weighted by Crippen LogP contribution is -2.46. The summed E-state index contributed by atoms with van der Waals surface area (Å²) in [5.74, 6) is 0. The number of hydrogen-bond acceptors (Lipinski definition) is 2. The SMILES string of the molecule is FC(F)CN1CCC(NC2CC=CC2)CC1. The maximum atomic E-state index is 12.2. The van der Waals surface area contributed by atoms with E-state index in [0.29, 0.717) is 12.1 Å². The second-order valence-corrected chi connectivity index (χ2v) is 4.77. The molecule has 16 heavy (non-hydrogen) atoms. The molecule has 0 radical (unpaired) electrons. The van der Waals surface area contributed by atoms with Crippen LogP contribution in [0.2, 0.25) is 0 Å². The Hall–Kier alpha value is -0.480. The molecular formula is C12H20F2N2. The first-order valence-corrected chi connectivity index (χ1v) is 6.15. The summed E-state index contributed by atoms with van der Waals surface area (Å²) in [5, 5.41) is 3.61. The van der Waals surface area contributed by atoms with Crippen molar-refractivity contribution in [1.29, 1.82) is 0 Å². The van der Waals surface area contributed by atoms with Crippen LogP contribution < -0.4 is 5.32 Å². The average molecular weight is 230 g/mol. The normalized spacial score (nSPS) is 24.7. The average Bonchev–Trinajstić information content (AvgIpc) is 2.73. The Morgan fingerprint density at radius 3 is 2.31 bits per heavy atom. The number of hydrogen-bond donors (Lipinski definition) is 1. The molecule has 0 bridgehead atoms. The van der Waals surface area contributed by atoms with Gasteiger partial charge in [-0.1, -0.05) is 12.2 Å². The van der Waals surface area contributed by atoms with Crippen molar-refractivity contribution in [3.63, 3.8) is 0 Å². The Balaban J connectivity index is 1.64. The lowest BCUT2D eigenvalue weighted by Gasteiger charge is -2.33. The standard InChI is InChI=1S/C12H20F2N2/c13-12(14)9-16-7-5-11(6-8-16)15-10-3-1-2-4-10/h1-2,10-12,15H,3-9H2. The summed E-state index contributed by atoms with van der Waals surface area (Å²) in [6, 6.07) is 1.12. The van der Waals surface area contributed by atoms with E-state index in [0.717, 1.165) is 38.8 Å². The van der Waals surface area contributed by atoms with E-state index in [2.05, 4.69) is 17.5 Å². The van der Waals surface area contributed by atoms with Gasteiger partial charge in [-0.3, -0.25) is 4.90 Å². The van der Waals surface area contributed by atoms with Crippen LogP contribution in [0, 0.1) is 0 Å². The zero-order chi connectivity index (χ0) is 11.4. The van der Waals surface area contributed by atoms with Gasteiger partial charge in [0.25, 0.3) is 6.43 Å². The molecule has 0 amide bonds. The van der Waals surface area contributed by atoms with E-state index in [-0.39, 0.29) is 6.54 Å². The first-order chi connectivity index (χ1) is 7.74. The molecule has 0 aromatic rings. The highest BCUT2D eigenvalue weighted by atomic mass is 19.3. The summed E-state index contributed by atoms with van der Waals surface area (Å²) >= 11 is 0. The minimum Gasteiger partial charge on any atom is -0.311 e. The molecule has 0 unspecified atom stereocenters. The monoisotopic (exact) mass is 230 g/mol. The number of halogens is 2. The summed E-state index contributed by atoms with van der Waals surface area (Å²) in [5.41, 5.74) is 0. The van der Waals surface area contributed by atoms with Gasteiger partial charge in [-0.05, 0) is 38.8 Å². The number of rotatable bonds is 4. The molecule has 92 valence electrons. The molecule has 1 aliphatic carbocycles. The van der Waals surface area contributed by atoms with Gasteiger partial charge in [0.2, 0.25) is 0 Å². The highest BCUT2D eigenvalue weighted by molar-refractivity contribution is 4.99. The minimum atomic E-state index is -2.19. The van der Waals surface area contributed by atoms with Crippen LogP contribution in [0.15, 0.2) is 12.2 Å². The molecule has 1 heterocycles. The number of nitrogens with one attached hydrogen (secondary N) is 1. The van der Waals surface area contributed by atoms with Crippen LogP contribution in [0.4, 0.5) is 8.78 Å². The van der Waals surface area contributed by atoms with Crippen molar-refractivity contribution in [2.75, 3.05) is 19.6 Å². The minimum absolute atomic E-state index is 0.0578. The van der Waals surface area contributed by atoms with Crippen molar-refractivity contribution in [2.45, 2.75) is 44.2 Å². The van der Waals surface area contributed by atoms with Crippen LogP contribution >= 0.6 is 0 Å². The highest BCUT2D eigenvalue weighted by Gasteiger charge is 2.23. The van der Waals surface area contributed by atoms with E-state index in [1.807, 2.05) is 4.90 Å². The lowest BCUT2D eigenvalue weighted by molar-refractivity contribution is 0.0721. The number of likely N-dealkylation sites (tertiary alicyclic amines) is 1. The third-order valence-corrected chi connectivity index (χ3v) is 3.46. The third kappa shape index (κ3) is 3.52. The van der Waals surface area contributed by atoms with Crippen molar-refractivity contribution in [3.05, 3.63) is 12.2 Å². The molecule has 2 aliphatic rings. The zero-order valence-corrected chi connectivity index (χ0v) is 9.54. The highest BCUT2D eigenvalue weighted by Crippen LogP contribution is 2.16. The maximum absolute atomic E-state index is 12.2. The molecule has 0 spiro atoms. The summed E-state index contributed by atoms with van der Waals surface area (Å²) in [4.78, 5) is 1.87. The topological polar surface area (TPSA) is 15.3 Å². The van der Waals surface area contributed by atoms with E-state index in [4.69, 9.17) is 0 Å². The summed E-state index contributed by atoms with van der Waals surface area (Å²) in [7, 11) is 0. The fourth-order valence-corrected chi connectivity index (χ4v) is 2.56. The van der Waals surface area contributed by atoms with E-state index in [9.17, 15) is 8.78 Å². The Morgan fingerprint density at radius 2 is 1.75 bits per heavy atom. The summed E-state index contributed by atoms with van der Waals surface area (Å²) in [6.45, 7) is 1.56. The van der Waals surface area contributed by atoms with Gasteiger partial charge >= 0.3 is 0 Å². The van der Waals surface area contributed by atoms with Crippen molar-refractivity contribution >= 4 is 0 Å². The Kier molecular flexibility index (Phi) is 4.29. The van der Waals surface area contributed by atoms with Gasteiger partial charge in [-0.2, -0.15) is 0 Å². The van der Waals surface area contributed by atoms with Gasteiger partial charge in [-0.25, -0.2) is 8.78 Å². The fourth-order valence-electron chi connectivity index (χ4n) is 2.56. The predicted octanol–water partition coefficient (Wildman–Crippen LogP) is 2.02. The Bertz CT molecular complexity index is 227. The van der Waals surface area contributed by atoms with E-state index in [1.54, 1.807) is 0 Å². The molecule has 4 heteroatoms. The molecular weight excluding hydrogens is 210 g/mol. The van der Waals surface area contributed by atoms with Gasteiger partial charge < -0.3 is 5.32 Å². The van der Waals surface area contributed by atoms with Gasteiger partial charge in [-0.15, -0.1) is 0 Å². The molecule has 1 saturated heterocycles. The third-order valence-electron chi connectivity index (χ3n) is 3.46. The Morgan fingerprint density at radius 1 is 1.12 bits per heavy atom. The summed E-state index contributed by atoms with van der Waals surface area (Å²) < 4.78 is 24.4. The van der Waals surface area contributed by atoms with E-state index in [1.165, 1.54) is 0 Å². The van der Waals surface area contributed by atoms with Gasteiger partial charge in [0.15, 0.2) is 0 Å². The quantitative estimate of drug-likeness (QED) is 0.743. The molecule has 1 aliphatic heterocycles. The summed E-state index contributed by atoms with van der Waals surface area (Å²) in [6.07, 6.45) is 6.48. The van der Waals surface area contributed by atoms with Crippen LogP contribution in [0.25, 0.3) is 0 Å². The maximum Gasteiger partial charge on any atom is 0.251 e. The number of piperidine rings is 1. The second-order valence-electron chi connectivity index (χ2n) is 4.77. The van der Waals surface area contributed by atoms with Crippen molar-refractivity contribution in [3.8, 4) is 0 Å². The molecule has 2 nitrogen and oxygen atoms in total. The van der Waals surface area contributed by atoms with E-state index < -0.39 is 6.43 Å². The smallest absolute Gasteiger partial charge is 0.251 e. The molecule has 0 aromatic heterocycles. The van der Waals surface area contributed by atoms with E-state index >= 15 is 0 Å². The molecule has 1 fully saturated rings. The van der Waals surface area contributed by atoms with Crippen LogP contribution in [0.1, 0.15) is 25.7 Å². The van der Waals surface area contributed by atoms with Gasteiger partial charge in [0, 0.05) is 12.1 Å². The van der Waals surface area contributed by atoms with Crippen LogP contribution in [-0.2, 0) is 0 Å². The second kappa shape index (κ2) is 5.73. The van der Waals surface area contributed by atoms with Crippen LogP contribution in [0.3, 0.4) is 0 Å². The fraction of sp³-hybridized carbons (Fsp3) is 0.833. The van der Waals surface area contributed by atoms with Crippen LogP contribution in [-0.4, -0.2) is 43.0 Å². The van der Waals surface area contributed by atoms with Crippen LogP contribution in [0.5, 0.6) is 0 Å². The zero-order valence-electron chi connectivity index (χ0n) is 9.54. The van der Waals surface area contributed by atoms with Gasteiger partial charge in [0.1, 0.15) is 0 Å². The van der Waals surface area contributed by atoms with Crippen molar-refractivity contribution < 1.29 is 8.78 Å². The van der Waals surface area contributed by atoms with Crippen molar-refractivity contribution in [1.82, 2.24) is 10.2 Å². The number of alkyl halides is 2. The predicted molar refractivity (Wildman–Crippen MR) is 60.8 cm³/mol. The Labute approximate surface area is 95.7 Å². The molecule has 0 aromatic carbocycles. The van der Waals surface area contributed by atoms with Gasteiger partial charge in [0.05, 0.1) is 6.54 Å². The first kappa shape index (κ1) is 12.0. The molecule has 0 saturated carbocycles. The number of nitrogens with zero attached hydrogens (tertiary/aromatic N) is 1. The molecule has 1 N–H and O–H groups in total. The largest absolute Gasteiger partial charge is 0.311 e. The molecule has 0 atom stereocenters.